The predicted octanol–water partition coefficient (Wildman–Crippen LogP) is 3.13. The zero-order chi connectivity index (χ0) is 13.6. The number of fused-ring (bicyclic) bond motifs is 1. The molecule has 0 radical (unpaired) electrons. The highest BCUT2D eigenvalue weighted by atomic mass is 35.5. The maximum atomic E-state index is 13.8. The molecule has 0 aliphatic heterocycles. The van der Waals surface area contributed by atoms with Crippen molar-refractivity contribution in [2.45, 2.75) is 6.92 Å². The Hall–Kier alpha value is -2.01. The SMILES string of the molecule is Cc1nn(C)c2nc(-c3ccccc3F)nc(Cl)c12. The summed E-state index contributed by atoms with van der Waals surface area (Å²) in [5, 5.41) is 5.23. The summed E-state index contributed by atoms with van der Waals surface area (Å²) in [7, 11) is 1.77. The molecule has 0 saturated heterocycles. The summed E-state index contributed by atoms with van der Waals surface area (Å²) in [4.78, 5) is 8.52. The van der Waals surface area contributed by atoms with E-state index < -0.39 is 0 Å². The summed E-state index contributed by atoms with van der Waals surface area (Å²) in [5.74, 6) is -0.115. The van der Waals surface area contributed by atoms with Crippen molar-refractivity contribution in [3.63, 3.8) is 0 Å². The number of halogens is 2. The Kier molecular flexibility index (Phi) is 2.71. The molecule has 2 aromatic heterocycles. The van der Waals surface area contributed by atoms with Gasteiger partial charge in [-0.25, -0.2) is 14.4 Å². The van der Waals surface area contributed by atoms with Gasteiger partial charge in [0.1, 0.15) is 11.0 Å². The standard InChI is InChI=1S/C13H10ClFN4/c1-7-10-11(14)16-12(17-13(10)19(2)18-7)8-5-3-4-6-9(8)15/h3-6H,1-2H3. The summed E-state index contributed by atoms with van der Waals surface area (Å²) in [5.41, 5.74) is 1.67. The molecule has 0 amide bonds. The molecule has 0 unspecified atom stereocenters. The Labute approximate surface area is 113 Å². The van der Waals surface area contributed by atoms with Gasteiger partial charge in [-0.1, -0.05) is 23.7 Å². The summed E-state index contributed by atoms with van der Waals surface area (Å²) in [6.45, 7) is 1.83. The van der Waals surface area contributed by atoms with Gasteiger partial charge in [-0.2, -0.15) is 5.10 Å². The Morgan fingerprint density at radius 2 is 1.95 bits per heavy atom. The van der Waals surface area contributed by atoms with Crippen LogP contribution in [0.5, 0.6) is 0 Å². The van der Waals surface area contributed by atoms with E-state index in [0.29, 0.717) is 16.6 Å². The first-order chi connectivity index (χ1) is 9.08. The van der Waals surface area contributed by atoms with Gasteiger partial charge < -0.3 is 0 Å². The van der Waals surface area contributed by atoms with Gasteiger partial charge in [-0.05, 0) is 19.1 Å². The molecule has 96 valence electrons. The van der Waals surface area contributed by atoms with Crippen molar-refractivity contribution in [1.82, 2.24) is 19.7 Å². The summed E-state index contributed by atoms with van der Waals surface area (Å²) < 4.78 is 15.4. The third-order valence-electron chi connectivity index (χ3n) is 2.93. The first-order valence-corrected chi connectivity index (χ1v) is 6.07. The number of hydrogen-bond donors (Lipinski definition) is 0. The van der Waals surface area contributed by atoms with Crippen LogP contribution in [0.25, 0.3) is 22.4 Å². The number of aryl methyl sites for hydroxylation is 2. The van der Waals surface area contributed by atoms with Crippen molar-refractivity contribution in [2.75, 3.05) is 0 Å². The monoisotopic (exact) mass is 276 g/mol. The number of hydrogen-bond acceptors (Lipinski definition) is 3. The van der Waals surface area contributed by atoms with Gasteiger partial charge >= 0.3 is 0 Å². The van der Waals surface area contributed by atoms with Gasteiger partial charge in [-0.3, -0.25) is 4.68 Å². The van der Waals surface area contributed by atoms with E-state index in [-0.39, 0.29) is 16.8 Å². The highest BCUT2D eigenvalue weighted by molar-refractivity contribution is 6.34. The van der Waals surface area contributed by atoms with E-state index in [2.05, 4.69) is 15.1 Å². The molecule has 3 aromatic rings. The van der Waals surface area contributed by atoms with E-state index in [0.717, 1.165) is 5.69 Å². The van der Waals surface area contributed by atoms with Gasteiger partial charge in [0, 0.05) is 7.05 Å². The first kappa shape index (κ1) is 12.0. The maximum Gasteiger partial charge on any atom is 0.166 e. The second-order valence-corrected chi connectivity index (χ2v) is 4.58. The fourth-order valence-corrected chi connectivity index (χ4v) is 2.35. The third-order valence-corrected chi connectivity index (χ3v) is 3.20. The van der Waals surface area contributed by atoms with Crippen molar-refractivity contribution < 1.29 is 4.39 Å². The van der Waals surface area contributed by atoms with Gasteiger partial charge in [0.25, 0.3) is 0 Å². The minimum absolute atomic E-state index is 0.263. The van der Waals surface area contributed by atoms with Crippen molar-refractivity contribution in [1.29, 1.82) is 0 Å². The smallest absolute Gasteiger partial charge is 0.166 e. The Bertz CT molecular complexity index is 782. The molecule has 19 heavy (non-hydrogen) atoms. The zero-order valence-electron chi connectivity index (χ0n) is 10.4. The van der Waals surface area contributed by atoms with E-state index >= 15 is 0 Å². The summed E-state index contributed by atoms with van der Waals surface area (Å²) in [6, 6.07) is 6.34. The van der Waals surface area contributed by atoms with Crippen LogP contribution in [0.4, 0.5) is 4.39 Å². The lowest BCUT2D eigenvalue weighted by Gasteiger charge is -2.03. The third kappa shape index (κ3) is 1.86. The lowest BCUT2D eigenvalue weighted by molar-refractivity contribution is 0.630. The molecule has 0 saturated carbocycles. The Morgan fingerprint density at radius 1 is 1.21 bits per heavy atom. The van der Waals surface area contributed by atoms with Crippen LogP contribution >= 0.6 is 11.6 Å². The van der Waals surface area contributed by atoms with E-state index in [1.165, 1.54) is 6.07 Å². The van der Waals surface area contributed by atoms with E-state index in [9.17, 15) is 4.39 Å². The van der Waals surface area contributed by atoms with Crippen LogP contribution in [-0.2, 0) is 7.05 Å². The highest BCUT2D eigenvalue weighted by Gasteiger charge is 2.16. The molecule has 6 heteroatoms. The molecular weight excluding hydrogens is 267 g/mol. The number of nitrogens with zero attached hydrogens (tertiary/aromatic N) is 4. The van der Waals surface area contributed by atoms with Gasteiger partial charge in [-0.15, -0.1) is 0 Å². The summed E-state index contributed by atoms with van der Waals surface area (Å²) in [6.07, 6.45) is 0. The molecule has 0 atom stereocenters. The number of aromatic nitrogens is 4. The minimum atomic E-state index is -0.378. The van der Waals surface area contributed by atoms with Crippen LogP contribution in [-0.4, -0.2) is 19.7 Å². The molecule has 3 rings (SSSR count). The van der Waals surface area contributed by atoms with Crippen molar-refractivity contribution in [2.24, 2.45) is 7.05 Å². The Morgan fingerprint density at radius 3 is 2.68 bits per heavy atom. The molecule has 0 N–H and O–H groups in total. The molecule has 0 fully saturated rings. The zero-order valence-corrected chi connectivity index (χ0v) is 11.1. The van der Waals surface area contributed by atoms with E-state index in [4.69, 9.17) is 11.6 Å². The highest BCUT2D eigenvalue weighted by Crippen LogP contribution is 2.27. The molecule has 0 bridgehead atoms. The number of rotatable bonds is 1. The van der Waals surface area contributed by atoms with Gasteiger partial charge in [0.2, 0.25) is 0 Å². The second kappa shape index (κ2) is 4.28. The molecule has 0 spiro atoms. The van der Waals surface area contributed by atoms with Crippen LogP contribution in [0.3, 0.4) is 0 Å². The van der Waals surface area contributed by atoms with Gasteiger partial charge in [0.15, 0.2) is 11.5 Å². The summed E-state index contributed by atoms with van der Waals surface area (Å²) >= 11 is 6.16. The largest absolute Gasteiger partial charge is 0.250 e. The normalized spacial score (nSPS) is 11.2. The van der Waals surface area contributed by atoms with Crippen molar-refractivity contribution in [3.05, 3.63) is 40.9 Å². The lowest BCUT2D eigenvalue weighted by atomic mass is 10.2. The van der Waals surface area contributed by atoms with E-state index in [1.54, 1.807) is 29.9 Å². The second-order valence-electron chi connectivity index (χ2n) is 4.23. The van der Waals surface area contributed by atoms with Gasteiger partial charge in [0.05, 0.1) is 16.6 Å². The maximum absolute atomic E-state index is 13.8. The van der Waals surface area contributed by atoms with Crippen LogP contribution in [0.2, 0.25) is 5.15 Å². The predicted molar refractivity (Wildman–Crippen MR) is 71.4 cm³/mol. The molecule has 1 aromatic carbocycles. The molecule has 4 nitrogen and oxygen atoms in total. The first-order valence-electron chi connectivity index (χ1n) is 5.69. The molecule has 0 aliphatic rings. The van der Waals surface area contributed by atoms with Crippen LogP contribution in [0.1, 0.15) is 5.69 Å². The van der Waals surface area contributed by atoms with Crippen molar-refractivity contribution in [3.8, 4) is 11.4 Å². The van der Waals surface area contributed by atoms with Crippen LogP contribution in [0, 0.1) is 12.7 Å². The quantitative estimate of drug-likeness (QED) is 0.641. The average Bonchev–Trinajstić information content (AvgIpc) is 2.65. The molecule has 2 heterocycles. The molecule has 0 aliphatic carbocycles. The van der Waals surface area contributed by atoms with Crippen molar-refractivity contribution >= 4 is 22.6 Å². The topological polar surface area (TPSA) is 43.6 Å². The number of benzene rings is 1. The minimum Gasteiger partial charge on any atom is -0.250 e. The molecular formula is C13H10ClFN4. The lowest BCUT2D eigenvalue weighted by Crippen LogP contribution is -1.97. The average molecular weight is 277 g/mol. The fraction of sp³-hybridized carbons (Fsp3) is 0.154. The van der Waals surface area contributed by atoms with Crippen LogP contribution < -0.4 is 0 Å². The van der Waals surface area contributed by atoms with E-state index in [1.807, 2.05) is 6.92 Å². The van der Waals surface area contributed by atoms with Crippen LogP contribution in [0.15, 0.2) is 24.3 Å². The fourth-order valence-electron chi connectivity index (χ4n) is 2.05. The Balaban J connectivity index is 2.33.